The van der Waals surface area contributed by atoms with Gasteiger partial charge in [-0.1, -0.05) is 119 Å². The predicted molar refractivity (Wildman–Crippen MR) is 218 cm³/mol. The smallest absolute Gasteiger partial charge is 0.306 e. The molecule has 2 bridgehead atoms. The van der Waals surface area contributed by atoms with E-state index < -0.39 is 72.0 Å². The summed E-state index contributed by atoms with van der Waals surface area (Å²) in [6, 6.07) is 29.6. The second kappa shape index (κ2) is 17.0. The first-order valence-corrected chi connectivity index (χ1v) is 19.9. The van der Waals surface area contributed by atoms with Gasteiger partial charge in [0.15, 0.2) is 0 Å². The largest absolute Gasteiger partial charge is 0.463 e. The first kappa shape index (κ1) is 39.1. The Morgan fingerprint density at radius 2 is 1.68 bits per heavy atom. The molecule has 3 amide bonds. The normalized spacial score (nSPS) is 24.6. The Bertz CT molecular complexity index is 2100. The highest BCUT2D eigenvalue weighted by Crippen LogP contribution is 2.60. The number of halogens is 1. The van der Waals surface area contributed by atoms with E-state index in [4.69, 9.17) is 9.47 Å². The quantitative estimate of drug-likeness (QED) is 0.0799. The maximum Gasteiger partial charge on any atom is 0.306 e. The van der Waals surface area contributed by atoms with Crippen LogP contribution in [-0.2, 0) is 35.1 Å². The number of benzene rings is 4. The molecule has 1 spiro atoms. The summed E-state index contributed by atoms with van der Waals surface area (Å²) in [5, 5.41) is 16.0. The van der Waals surface area contributed by atoms with Crippen LogP contribution in [0.1, 0.15) is 36.4 Å². The molecule has 56 heavy (non-hydrogen) atoms. The number of carbonyl (C=O) groups excluding carboxylic acids is 4. The molecule has 7 rings (SSSR count). The molecule has 0 radical (unpaired) electrons. The van der Waals surface area contributed by atoms with E-state index >= 15 is 9.59 Å². The molecule has 0 saturated carbocycles. The molecule has 3 saturated heterocycles. The summed E-state index contributed by atoms with van der Waals surface area (Å²) in [4.78, 5) is 60.4. The van der Waals surface area contributed by atoms with Gasteiger partial charge in [0.25, 0.3) is 5.91 Å². The van der Waals surface area contributed by atoms with Gasteiger partial charge in [0.2, 0.25) is 11.8 Å². The van der Waals surface area contributed by atoms with Crippen LogP contribution in [0.5, 0.6) is 0 Å². The van der Waals surface area contributed by atoms with Gasteiger partial charge in [0.05, 0.1) is 36.6 Å². The van der Waals surface area contributed by atoms with E-state index in [0.29, 0.717) is 12.1 Å². The van der Waals surface area contributed by atoms with Gasteiger partial charge < -0.3 is 29.7 Å². The van der Waals surface area contributed by atoms with Crippen molar-refractivity contribution in [2.45, 2.75) is 60.3 Å². The maximum absolute atomic E-state index is 15.3. The number of hydrogen-bond acceptors (Lipinski definition) is 7. The van der Waals surface area contributed by atoms with Crippen molar-refractivity contribution in [1.29, 1.82) is 0 Å². The SMILES string of the molecule is C=CCCC(=O)OC[C@@H](NC(=O)[C@H]1[C@@H]2O[C@@]3(CC2Br)[C@@H]1C(=O)N([C@@H](CO)Cc1ccccc1)[C@@H]3C(=O)N(CC=C)c1ccc2ccccc2c1)c1ccccc1. The minimum atomic E-state index is -1.39. The molecule has 0 aromatic heterocycles. The third-order valence-corrected chi connectivity index (χ3v) is 12.1. The van der Waals surface area contributed by atoms with Crippen molar-refractivity contribution < 1.29 is 33.8 Å². The van der Waals surface area contributed by atoms with Crippen molar-refractivity contribution in [3.8, 4) is 0 Å². The fraction of sp³-hybridized carbons (Fsp3) is 0.333. The zero-order valence-corrected chi connectivity index (χ0v) is 32.6. The number of amides is 3. The molecule has 8 atom stereocenters. The number of nitrogens with one attached hydrogen (secondary N) is 1. The number of carbonyl (C=O) groups is 4. The van der Waals surface area contributed by atoms with Gasteiger partial charge in [-0.05, 0) is 53.3 Å². The predicted octanol–water partition coefficient (Wildman–Crippen LogP) is 6.08. The van der Waals surface area contributed by atoms with Crippen LogP contribution in [0.3, 0.4) is 0 Å². The van der Waals surface area contributed by atoms with E-state index in [1.54, 1.807) is 17.1 Å². The lowest BCUT2D eigenvalue weighted by molar-refractivity contribution is -0.146. The van der Waals surface area contributed by atoms with Crippen molar-refractivity contribution in [2.24, 2.45) is 11.8 Å². The van der Waals surface area contributed by atoms with Crippen molar-refractivity contribution in [2.75, 3.05) is 24.7 Å². The number of aliphatic hydroxyl groups excluding tert-OH is 1. The standard InChI is InChI=1S/C45H46BrN3O7/c1-3-5-20-37(51)55-28-36(31-17-10-7-11-18-31)47-42(52)38-39-43(53)49(34(27-50)24-29-14-8-6-9-15-29)41(45(39)26-35(46)40(38)56-45)44(54)48(23-4-2)33-22-21-30-16-12-13-19-32(30)25-33/h3-4,6-19,21-22,25,34-36,38-41,50H,1-2,5,20,23-24,26-28H2,(H,47,52)/t34-,35?,36-,38-,39+,40-,41-,45+/m1/s1. The van der Waals surface area contributed by atoms with E-state index in [9.17, 15) is 14.7 Å². The van der Waals surface area contributed by atoms with Crippen molar-refractivity contribution in [3.63, 3.8) is 0 Å². The van der Waals surface area contributed by atoms with E-state index in [1.165, 1.54) is 4.90 Å². The topological polar surface area (TPSA) is 125 Å². The molecular weight excluding hydrogens is 774 g/mol. The van der Waals surface area contributed by atoms with Gasteiger partial charge in [0, 0.05) is 23.5 Å². The molecule has 3 fully saturated rings. The highest BCUT2D eigenvalue weighted by atomic mass is 79.9. The second-order valence-electron chi connectivity index (χ2n) is 14.7. The van der Waals surface area contributed by atoms with Gasteiger partial charge in [-0.3, -0.25) is 19.2 Å². The average molecular weight is 821 g/mol. The first-order valence-electron chi connectivity index (χ1n) is 19.0. The molecular formula is C45H46BrN3O7. The van der Waals surface area contributed by atoms with Crippen molar-refractivity contribution in [3.05, 3.63) is 140 Å². The Morgan fingerprint density at radius 3 is 2.38 bits per heavy atom. The summed E-state index contributed by atoms with van der Waals surface area (Å²) >= 11 is 3.78. The first-order chi connectivity index (χ1) is 27.2. The minimum absolute atomic E-state index is 0.120. The highest BCUT2D eigenvalue weighted by molar-refractivity contribution is 9.09. The van der Waals surface area contributed by atoms with E-state index in [-0.39, 0.29) is 37.2 Å². The molecule has 3 heterocycles. The molecule has 11 heteroatoms. The van der Waals surface area contributed by atoms with Crippen LogP contribution in [0.25, 0.3) is 10.8 Å². The van der Waals surface area contributed by atoms with Gasteiger partial charge in [-0.2, -0.15) is 0 Å². The average Bonchev–Trinajstić information content (AvgIpc) is 3.83. The number of allylic oxidation sites excluding steroid dienone is 1. The number of ether oxygens (including phenoxy) is 2. The van der Waals surface area contributed by atoms with Crippen molar-refractivity contribution in [1.82, 2.24) is 10.2 Å². The molecule has 2 N–H and O–H groups in total. The van der Waals surface area contributed by atoms with E-state index in [0.717, 1.165) is 21.9 Å². The Hall–Kier alpha value is -5.10. The Labute approximate surface area is 335 Å². The Morgan fingerprint density at radius 1 is 0.982 bits per heavy atom. The number of aliphatic hydroxyl groups is 1. The number of nitrogens with zero attached hydrogens (tertiary/aromatic N) is 2. The Kier molecular flexibility index (Phi) is 11.8. The number of likely N-dealkylation sites (tertiary alicyclic amines) is 1. The molecule has 4 aromatic rings. The van der Waals surface area contributed by atoms with E-state index in [2.05, 4.69) is 34.4 Å². The van der Waals surface area contributed by atoms with Crippen molar-refractivity contribution >= 4 is 56.1 Å². The number of alkyl halides is 1. The van der Waals surface area contributed by atoms with Crippen LogP contribution >= 0.6 is 15.9 Å². The Balaban J connectivity index is 1.27. The summed E-state index contributed by atoms with van der Waals surface area (Å²) in [6.07, 6.45) is 3.73. The van der Waals surface area contributed by atoms with Crippen LogP contribution in [0.2, 0.25) is 0 Å². The monoisotopic (exact) mass is 819 g/mol. The number of rotatable bonds is 16. The summed E-state index contributed by atoms with van der Waals surface area (Å²) in [5.74, 6) is -3.72. The van der Waals surface area contributed by atoms with Gasteiger partial charge in [-0.15, -0.1) is 13.2 Å². The lowest BCUT2D eigenvalue weighted by Gasteiger charge is -2.39. The molecule has 4 aromatic carbocycles. The van der Waals surface area contributed by atoms with Crippen LogP contribution in [0.4, 0.5) is 5.69 Å². The van der Waals surface area contributed by atoms with E-state index in [1.807, 2.05) is 103 Å². The number of fused-ring (bicyclic) bond motifs is 2. The van der Waals surface area contributed by atoms with Gasteiger partial charge in [0.1, 0.15) is 18.2 Å². The lowest BCUT2D eigenvalue weighted by atomic mass is 9.70. The van der Waals surface area contributed by atoms with Crippen LogP contribution < -0.4 is 10.2 Å². The summed E-state index contributed by atoms with van der Waals surface area (Å²) < 4.78 is 12.5. The highest BCUT2D eigenvalue weighted by Gasteiger charge is 2.77. The third-order valence-electron chi connectivity index (χ3n) is 11.3. The molecule has 3 aliphatic rings. The molecule has 0 aliphatic carbocycles. The molecule has 1 unspecified atom stereocenters. The lowest BCUT2D eigenvalue weighted by Crippen LogP contribution is -2.59. The second-order valence-corrected chi connectivity index (χ2v) is 15.9. The third kappa shape index (κ3) is 7.43. The van der Waals surface area contributed by atoms with Gasteiger partial charge >= 0.3 is 5.97 Å². The zero-order valence-electron chi connectivity index (χ0n) is 31.0. The number of hydrogen-bond donors (Lipinski definition) is 2. The van der Waals surface area contributed by atoms with Crippen LogP contribution in [0, 0.1) is 11.8 Å². The molecule has 10 nitrogen and oxygen atoms in total. The minimum Gasteiger partial charge on any atom is -0.463 e. The number of esters is 1. The summed E-state index contributed by atoms with van der Waals surface area (Å²) in [6.45, 7) is 7.22. The fourth-order valence-electron chi connectivity index (χ4n) is 8.76. The van der Waals surface area contributed by atoms with Crippen LogP contribution in [0.15, 0.2) is 128 Å². The zero-order chi connectivity index (χ0) is 39.4. The number of anilines is 1. The van der Waals surface area contributed by atoms with Gasteiger partial charge in [-0.25, -0.2) is 0 Å². The molecule has 3 aliphatic heterocycles. The maximum atomic E-state index is 15.3. The summed E-state index contributed by atoms with van der Waals surface area (Å²) in [5.41, 5.74) is 0.825. The van der Waals surface area contributed by atoms with Crippen LogP contribution in [-0.4, -0.2) is 82.1 Å². The fourth-order valence-corrected chi connectivity index (χ4v) is 9.71. The summed E-state index contributed by atoms with van der Waals surface area (Å²) in [7, 11) is 0. The molecule has 290 valence electrons.